The lowest BCUT2D eigenvalue weighted by atomic mass is 9.84. The van der Waals surface area contributed by atoms with E-state index in [1.165, 1.54) is 0 Å². The molecule has 0 bridgehead atoms. The Labute approximate surface area is 508 Å². The molecule has 87 heavy (non-hydrogen) atoms. The first kappa shape index (κ1) is 63.2. The Morgan fingerprint density at radius 3 is 0.506 bits per heavy atom. The summed E-state index contributed by atoms with van der Waals surface area (Å²) in [6.07, 6.45) is -9.75. The highest BCUT2D eigenvalue weighted by molar-refractivity contribution is 7.49. The summed E-state index contributed by atoms with van der Waals surface area (Å²) in [7, 11) is -14.8. The lowest BCUT2D eigenvalue weighted by Gasteiger charge is -2.50. The molecule has 450 valence electrons. The maximum Gasteiger partial charge on any atom is 0.475 e. The van der Waals surface area contributed by atoms with Crippen LogP contribution < -0.4 is 0 Å². The van der Waals surface area contributed by atoms with E-state index in [2.05, 4.69) is 0 Å². The summed E-state index contributed by atoms with van der Waals surface area (Å²) in [4.78, 5) is 0. The molecule has 0 unspecified atom stereocenters. The molecule has 1 aliphatic carbocycles. The Bertz CT molecular complexity index is 3410. The van der Waals surface area contributed by atoms with Crippen molar-refractivity contribution in [1.29, 1.82) is 0 Å². The average molecular weight is 1230 g/mol. The van der Waals surface area contributed by atoms with Crippen molar-refractivity contribution in [3.8, 4) is 0 Å². The minimum atomic E-state index is -4.97. The van der Waals surface area contributed by atoms with Crippen molar-refractivity contribution in [3.63, 3.8) is 0 Å². The van der Waals surface area contributed by atoms with E-state index in [-0.39, 0.29) is 59.5 Å². The van der Waals surface area contributed by atoms with Crippen molar-refractivity contribution < 1.29 is 68.6 Å². The van der Waals surface area contributed by atoms with E-state index in [1.807, 2.05) is 249 Å². The van der Waals surface area contributed by atoms with Gasteiger partial charge in [0.25, 0.3) is 0 Å². The van der Waals surface area contributed by atoms with Crippen LogP contribution in [0.1, 0.15) is 50.1 Å². The molecule has 1 fully saturated rings. The summed E-state index contributed by atoms with van der Waals surface area (Å²) in [5, 5.41) is 0. The quantitative estimate of drug-likeness (QED) is 0.0357. The molecule has 9 aromatic carbocycles. The predicted octanol–water partition coefficient (Wildman–Crippen LogP) is 16.5. The average Bonchev–Trinajstić information content (AvgIpc) is 1.33. The van der Waals surface area contributed by atoms with Crippen LogP contribution in [0.5, 0.6) is 0 Å². The summed E-state index contributed by atoms with van der Waals surface area (Å²) < 4.78 is 129. The van der Waals surface area contributed by atoms with Gasteiger partial charge in [-0.2, -0.15) is 0 Å². The summed E-state index contributed by atoms with van der Waals surface area (Å²) in [5.74, 6) is 0. The van der Waals surface area contributed by atoms with Gasteiger partial charge < -0.3 is 14.2 Å². The van der Waals surface area contributed by atoms with Gasteiger partial charge >= 0.3 is 23.5 Å². The second kappa shape index (κ2) is 32.4. The number of phosphoric ester groups is 3. The molecule has 1 saturated carbocycles. The SMILES string of the molecule is O=P(OCc1ccccc1)(OCc1ccccc1)O[C@@H]1[C@@H](OCc2ccccc2)[C@@H](OCc2ccccc2)[C@@H](OP(=O)(OCc2ccccc2)OCc2ccccc2)[C@H](OP(=O)(OCc2ccccc2)OCc2ccccc2)[C@H]1OCc1ccccc1. The van der Waals surface area contributed by atoms with Crippen LogP contribution >= 0.6 is 23.5 Å². The molecule has 0 amide bonds. The van der Waals surface area contributed by atoms with E-state index in [1.54, 1.807) is 24.3 Å². The van der Waals surface area contributed by atoms with Gasteiger partial charge in [0.1, 0.15) is 36.6 Å². The van der Waals surface area contributed by atoms with Crippen molar-refractivity contribution in [3.05, 3.63) is 323 Å². The second-order valence-corrected chi connectivity index (χ2v) is 25.3. The molecule has 0 aromatic heterocycles. The molecule has 10 rings (SSSR count). The number of rotatable bonds is 33. The Kier molecular flexibility index (Phi) is 23.6. The van der Waals surface area contributed by atoms with Gasteiger partial charge in [0.15, 0.2) is 0 Å². The zero-order valence-electron chi connectivity index (χ0n) is 47.8. The molecular weight excluding hydrogens is 1160 g/mol. The fourth-order valence-electron chi connectivity index (χ4n) is 9.46. The highest BCUT2D eigenvalue weighted by atomic mass is 31.2. The monoisotopic (exact) mass is 1230 g/mol. The van der Waals surface area contributed by atoms with Crippen LogP contribution in [0.25, 0.3) is 0 Å². The normalized spacial score (nSPS) is 18.1. The molecule has 0 saturated heterocycles. The van der Waals surface area contributed by atoms with Gasteiger partial charge in [-0.05, 0) is 50.1 Å². The molecule has 0 heterocycles. The third-order valence-corrected chi connectivity index (χ3v) is 18.1. The smallest absolute Gasteiger partial charge is 0.368 e. The molecule has 15 nitrogen and oxygen atoms in total. The van der Waals surface area contributed by atoms with Crippen LogP contribution in [0.2, 0.25) is 0 Å². The number of ether oxygens (including phenoxy) is 3. The third kappa shape index (κ3) is 19.6. The number of hydrogen-bond donors (Lipinski definition) is 0. The molecule has 6 atom stereocenters. The number of phosphoric acid groups is 3. The molecule has 9 aromatic rings. The molecule has 0 N–H and O–H groups in total. The largest absolute Gasteiger partial charge is 0.475 e. The van der Waals surface area contributed by atoms with E-state index in [4.69, 9.17) is 54.9 Å². The summed E-state index contributed by atoms with van der Waals surface area (Å²) >= 11 is 0. The first-order chi connectivity index (χ1) is 42.7. The summed E-state index contributed by atoms with van der Waals surface area (Å²) in [6.45, 7) is -1.82. The van der Waals surface area contributed by atoms with E-state index in [0.29, 0.717) is 44.5 Å². The van der Waals surface area contributed by atoms with Crippen molar-refractivity contribution in [2.75, 3.05) is 0 Å². The van der Waals surface area contributed by atoms with E-state index in [9.17, 15) is 0 Å². The third-order valence-electron chi connectivity index (χ3n) is 13.9. The van der Waals surface area contributed by atoms with Crippen molar-refractivity contribution in [2.45, 2.75) is 96.1 Å². The fourth-order valence-corrected chi connectivity index (χ4v) is 13.5. The highest BCUT2D eigenvalue weighted by Crippen LogP contribution is 2.61. The molecule has 0 spiro atoms. The van der Waals surface area contributed by atoms with E-state index < -0.39 is 60.1 Å². The molecule has 0 aliphatic heterocycles. The number of benzene rings is 9. The molecular formula is C69H69O15P3. The van der Waals surface area contributed by atoms with Crippen LogP contribution in [-0.4, -0.2) is 36.6 Å². The maximum atomic E-state index is 16.2. The van der Waals surface area contributed by atoms with Crippen LogP contribution in [0.3, 0.4) is 0 Å². The zero-order chi connectivity index (χ0) is 59.8. The molecule has 1 aliphatic rings. The zero-order valence-corrected chi connectivity index (χ0v) is 50.5. The van der Waals surface area contributed by atoms with Gasteiger partial charge in [-0.1, -0.05) is 273 Å². The van der Waals surface area contributed by atoms with Crippen LogP contribution in [0, 0.1) is 0 Å². The van der Waals surface area contributed by atoms with E-state index >= 15 is 13.7 Å². The Morgan fingerprint density at radius 2 is 0.333 bits per heavy atom. The van der Waals surface area contributed by atoms with Gasteiger partial charge in [0.05, 0.1) is 59.5 Å². The lowest BCUT2D eigenvalue weighted by Crippen LogP contribution is -2.67. The lowest BCUT2D eigenvalue weighted by molar-refractivity contribution is -0.255. The van der Waals surface area contributed by atoms with E-state index in [0.717, 1.165) is 5.56 Å². The standard InChI is InChI=1S/C69H69O15P3/c70-85(76-49-58-34-16-4-17-35-58,77-50-59-36-18-5-19-37-59)82-67-64(73-46-55-28-10-1-11-29-55)65(74-47-56-30-12-2-13-31-56)68(83-86(71,78-51-60-38-20-6-21-39-60)79-52-61-40-22-7-23-41-61)69(66(67)75-48-57-32-14-3-15-33-57)84-87(72,80-53-62-42-24-8-25-43-62)81-54-63-44-26-9-27-45-63/h1-45,64-69H,46-54H2/t64-,65+,66-,67+,68+,69+/m0/s1. The van der Waals surface area contributed by atoms with Crippen molar-refractivity contribution in [2.24, 2.45) is 0 Å². The van der Waals surface area contributed by atoms with Gasteiger partial charge in [0.2, 0.25) is 0 Å². The molecule has 18 heteroatoms. The predicted molar refractivity (Wildman–Crippen MR) is 330 cm³/mol. The minimum absolute atomic E-state index is 0.0915. The van der Waals surface area contributed by atoms with Crippen LogP contribution in [-0.2, 0) is 128 Å². The summed E-state index contributed by atoms with van der Waals surface area (Å²) in [6, 6.07) is 82.7. The maximum absolute atomic E-state index is 16.2. The molecule has 0 radical (unpaired) electrons. The Morgan fingerprint density at radius 1 is 0.195 bits per heavy atom. The van der Waals surface area contributed by atoms with Crippen molar-refractivity contribution >= 4 is 23.5 Å². The second-order valence-electron chi connectivity index (χ2n) is 20.4. The minimum Gasteiger partial charge on any atom is -0.368 e. The van der Waals surface area contributed by atoms with Crippen molar-refractivity contribution in [1.82, 2.24) is 0 Å². The van der Waals surface area contributed by atoms with Gasteiger partial charge in [-0.25, -0.2) is 13.7 Å². The highest BCUT2D eigenvalue weighted by Gasteiger charge is 2.61. The van der Waals surface area contributed by atoms with Crippen LogP contribution in [0.15, 0.2) is 273 Å². The Hall–Kier alpha value is -6.81. The van der Waals surface area contributed by atoms with Crippen LogP contribution in [0.4, 0.5) is 0 Å². The fraction of sp³-hybridized carbons (Fsp3) is 0.217. The van der Waals surface area contributed by atoms with Gasteiger partial charge in [-0.15, -0.1) is 0 Å². The topological polar surface area (TPSA) is 162 Å². The first-order valence-electron chi connectivity index (χ1n) is 28.6. The van der Waals surface area contributed by atoms with Gasteiger partial charge in [0, 0.05) is 0 Å². The number of hydrogen-bond acceptors (Lipinski definition) is 15. The van der Waals surface area contributed by atoms with Gasteiger partial charge in [-0.3, -0.25) is 40.7 Å². The first-order valence-corrected chi connectivity index (χ1v) is 33.0. The summed E-state index contributed by atoms with van der Waals surface area (Å²) in [5.41, 5.74) is 6.03. The Balaban J connectivity index is 1.17.